The Balaban J connectivity index is 2.37. The van der Waals surface area contributed by atoms with E-state index in [9.17, 15) is 9.59 Å². The van der Waals surface area contributed by atoms with Gasteiger partial charge in [0.25, 0.3) is 0 Å². The summed E-state index contributed by atoms with van der Waals surface area (Å²) in [4.78, 5) is 23.4. The summed E-state index contributed by atoms with van der Waals surface area (Å²) < 4.78 is 9.90. The van der Waals surface area contributed by atoms with Crippen LogP contribution < -0.4 is 5.73 Å². The predicted octanol–water partition coefficient (Wildman–Crippen LogP) is 0.968. The third kappa shape index (κ3) is 2.08. The lowest BCUT2D eigenvalue weighted by Gasteiger charge is -2.25. The van der Waals surface area contributed by atoms with Gasteiger partial charge in [-0.05, 0) is 18.6 Å². The first-order valence-electron chi connectivity index (χ1n) is 5.24. The van der Waals surface area contributed by atoms with Gasteiger partial charge in [0, 0.05) is 17.7 Å². The summed E-state index contributed by atoms with van der Waals surface area (Å²) in [6, 6.07) is 3.44. The van der Waals surface area contributed by atoms with Crippen LogP contribution in [0, 0.1) is 5.92 Å². The van der Waals surface area contributed by atoms with Gasteiger partial charge >= 0.3 is 5.97 Å². The number of hydrogen-bond donors (Lipinski definition) is 1. The fraction of sp³-hybridized carbons (Fsp3) is 0.333. The summed E-state index contributed by atoms with van der Waals surface area (Å²) in [5.41, 5.74) is 6.13. The highest BCUT2D eigenvalue weighted by atomic mass is 16.5. The van der Waals surface area contributed by atoms with Gasteiger partial charge in [-0.3, -0.25) is 9.59 Å². The first kappa shape index (κ1) is 11.4. The predicted molar refractivity (Wildman–Crippen MR) is 58.8 cm³/mol. The number of esters is 1. The summed E-state index contributed by atoms with van der Waals surface area (Å²) in [6.45, 7) is 0. The normalized spacial score (nSPS) is 24.3. The molecule has 0 fully saturated rings. The second-order valence-corrected chi connectivity index (χ2v) is 3.95. The maximum atomic E-state index is 11.8. The van der Waals surface area contributed by atoms with Crippen molar-refractivity contribution >= 4 is 11.8 Å². The maximum Gasteiger partial charge on any atom is 0.317 e. The van der Waals surface area contributed by atoms with Gasteiger partial charge in [-0.2, -0.15) is 0 Å². The second-order valence-electron chi connectivity index (χ2n) is 3.95. The van der Waals surface area contributed by atoms with E-state index in [0.29, 0.717) is 17.9 Å². The van der Waals surface area contributed by atoms with E-state index in [1.807, 2.05) is 0 Å². The van der Waals surface area contributed by atoms with Crippen molar-refractivity contribution in [3.63, 3.8) is 0 Å². The van der Waals surface area contributed by atoms with Crippen LogP contribution in [0.1, 0.15) is 18.1 Å². The Labute approximate surface area is 98.2 Å². The molecule has 17 heavy (non-hydrogen) atoms. The van der Waals surface area contributed by atoms with Crippen molar-refractivity contribution in [2.75, 3.05) is 7.11 Å². The molecule has 0 saturated heterocycles. The number of methoxy groups -OCH3 is 1. The lowest BCUT2D eigenvalue weighted by Crippen LogP contribution is -2.34. The Hall–Kier alpha value is -2.04. The molecule has 0 radical (unpaired) electrons. The van der Waals surface area contributed by atoms with E-state index in [0.717, 1.165) is 0 Å². The van der Waals surface area contributed by atoms with Crippen molar-refractivity contribution in [2.45, 2.75) is 12.3 Å². The van der Waals surface area contributed by atoms with Crippen LogP contribution in [0.15, 0.2) is 34.6 Å². The molecule has 1 aromatic heterocycles. The average molecular weight is 235 g/mol. The maximum absolute atomic E-state index is 11.8. The van der Waals surface area contributed by atoms with E-state index < -0.39 is 11.9 Å². The van der Waals surface area contributed by atoms with Gasteiger partial charge in [0.2, 0.25) is 0 Å². The molecule has 1 aliphatic rings. The molecule has 0 aromatic carbocycles. The average Bonchev–Trinajstić information content (AvgIpc) is 2.80. The van der Waals surface area contributed by atoms with Crippen LogP contribution in [0.5, 0.6) is 0 Å². The quantitative estimate of drug-likeness (QED) is 0.610. The summed E-state index contributed by atoms with van der Waals surface area (Å²) in [5, 5.41) is 0. The molecule has 0 spiro atoms. The van der Waals surface area contributed by atoms with Crippen LogP contribution in [0.3, 0.4) is 0 Å². The summed E-state index contributed by atoms with van der Waals surface area (Å²) in [7, 11) is 1.26. The zero-order valence-electron chi connectivity index (χ0n) is 9.38. The summed E-state index contributed by atoms with van der Waals surface area (Å²) in [5.74, 6) is -1.56. The number of nitrogens with two attached hydrogens (primary N) is 1. The smallest absolute Gasteiger partial charge is 0.317 e. The van der Waals surface area contributed by atoms with E-state index in [4.69, 9.17) is 10.2 Å². The standard InChI is InChI=1S/C12H13NO4/c1-16-12(15)11-8(10-3-2-4-17-10)5-7(13)6-9(11)14/h2-4,6,8,11H,5,13H2,1H3/t8-,11+/m1/s1. The van der Waals surface area contributed by atoms with Crippen molar-refractivity contribution in [3.8, 4) is 0 Å². The van der Waals surface area contributed by atoms with E-state index in [1.54, 1.807) is 12.1 Å². The Morgan fingerprint density at radius 3 is 2.94 bits per heavy atom. The number of ether oxygens (including phenoxy) is 1. The molecule has 1 aromatic rings. The van der Waals surface area contributed by atoms with Crippen molar-refractivity contribution in [2.24, 2.45) is 11.7 Å². The number of carbonyl (C=O) groups is 2. The van der Waals surface area contributed by atoms with Gasteiger partial charge < -0.3 is 14.9 Å². The van der Waals surface area contributed by atoms with Gasteiger partial charge in [-0.15, -0.1) is 0 Å². The van der Waals surface area contributed by atoms with Gasteiger partial charge in [0.15, 0.2) is 5.78 Å². The van der Waals surface area contributed by atoms with Crippen LogP contribution in [-0.4, -0.2) is 18.9 Å². The summed E-state index contributed by atoms with van der Waals surface area (Å²) in [6.07, 6.45) is 3.21. The van der Waals surface area contributed by atoms with Crippen molar-refractivity contribution < 1.29 is 18.7 Å². The molecule has 2 rings (SSSR count). The third-order valence-electron chi connectivity index (χ3n) is 2.86. The molecule has 2 N–H and O–H groups in total. The molecule has 1 aliphatic carbocycles. The van der Waals surface area contributed by atoms with Gasteiger partial charge in [0.05, 0.1) is 13.4 Å². The Kier molecular flexibility index (Phi) is 2.99. The molecule has 0 bridgehead atoms. The van der Waals surface area contributed by atoms with Crippen LogP contribution in [0.25, 0.3) is 0 Å². The van der Waals surface area contributed by atoms with Crippen LogP contribution in [0.4, 0.5) is 0 Å². The molecule has 5 heteroatoms. The van der Waals surface area contributed by atoms with Gasteiger partial charge in [0.1, 0.15) is 11.7 Å². The highest BCUT2D eigenvalue weighted by Gasteiger charge is 2.40. The molecule has 0 amide bonds. The van der Waals surface area contributed by atoms with Gasteiger partial charge in [-0.1, -0.05) is 0 Å². The van der Waals surface area contributed by atoms with Gasteiger partial charge in [-0.25, -0.2) is 0 Å². The van der Waals surface area contributed by atoms with Crippen LogP contribution in [-0.2, 0) is 14.3 Å². The Morgan fingerprint density at radius 1 is 1.59 bits per heavy atom. The number of hydrogen-bond acceptors (Lipinski definition) is 5. The van der Waals surface area contributed by atoms with E-state index in [-0.39, 0.29) is 11.7 Å². The largest absolute Gasteiger partial charge is 0.469 e. The zero-order valence-corrected chi connectivity index (χ0v) is 9.38. The van der Waals surface area contributed by atoms with E-state index in [2.05, 4.69) is 4.74 Å². The highest BCUT2D eigenvalue weighted by Crippen LogP contribution is 2.35. The number of rotatable bonds is 2. The topological polar surface area (TPSA) is 82.5 Å². The molecular formula is C12H13NO4. The lowest BCUT2D eigenvalue weighted by atomic mass is 9.79. The monoisotopic (exact) mass is 235 g/mol. The first-order chi connectivity index (χ1) is 8.13. The minimum Gasteiger partial charge on any atom is -0.469 e. The number of furan rings is 1. The van der Waals surface area contributed by atoms with Crippen LogP contribution >= 0.6 is 0 Å². The molecule has 90 valence electrons. The minimum absolute atomic E-state index is 0.331. The van der Waals surface area contributed by atoms with E-state index >= 15 is 0 Å². The minimum atomic E-state index is -0.863. The molecule has 0 unspecified atom stereocenters. The molecular weight excluding hydrogens is 222 g/mol. The fourth-order valence-electron chi connectivity index (χ4n) is 2.08. The van der Waals surface area contributed by atoms with Crippen LogP contribution in [0.2, 0.25) is 0 Å². The third-order valence-corrected chi connectivity index (χ3v) is 2.86. The second kappa shape index (κ2) is 4.45. The van der Waals surface area contributed by atoms with Crippen molar-refractivity contribution in [3.05, 3.63) is 35.9 Å². The zero-order chi connectivity index (χ0) is 12.4. The van der Waals surface area contributed by atoms with E-state index in [1.165, 1.54) is 19.4 Å². The number of ketones is 1. The highest BCUT2D eigenvalue weighted by molar-refractivity contribution is 6.06. The number of carbonyl (C=O) groups excluding carboxylic acids is 2. The Morgan fingerprint density at radius 2 is 2.35 bits per heavy atom. The molecule has 0 saturated carbocycles. The first-order valence-corrected chi connectivity index (χ1v) is 5.24. The molecule has 0 aliphatic heterocycles. The molecule has 5 nitrogen and oxygen atoms in total. The fourth-order valence-corrected chi connectivity index (χ4v) is 2.08. The Bertz CT molecular complexity index is 461. The van der Waals surface area contributed by atoms with Crippen molar-refractivity contribution in [1.82, 2.24) is 0 Å². The summed E-state index contributed by atoms with van der Waals surface area (Å²) >= 11 is 0. The SMILES string of the molecule is COC(=O)[C@@H]1C(=O)C=C(N)C[C@@H]1c1ccco1. The van der Waals surface area contributed by atoms with Crippen molar-refractivity contribution in [1.29, 1.82) is 0 Å². The molecule has 1 heterocycles. The number of allylic oxidation sites excluding steroid dienone is 2. The molecule has 2 atom stereocenters. The lowest BCUT2D eigenvalue weighted by molar-refractivity contribution is -0.149.